The number of amides is 4. The maximum absolute atomic E-state index is 13.2. The van der Waals surface area contributed by atoms with Crippen molar-refractivity contribution in [2.75, 3.05) is 17.4 Å². The molecule has 2 N–H and O–H groups in total. The smallest absolute Gasteiger partial charge is 0.275 e. The first kappa shape index (κ1) is 23.8. The molecule has 0 aromatic heterocycles. The van der Waals surface area contributed by atoms with Gasteiger partial charge in [0, 0.05) is 5.56 Å². The molecule has 1 fully saturated rings. The minimum absolute atomic E-state index is 0.161. The highest BCUT2D eigenvalue weighted by molar-refractivity contribution is 7.92. The van der Waals surface area contributed by atoms with Gasteiger partial charge in [0.25, 0.3) is 15.9 Å². The number of imide groups is 1. The van der Waals surface area contributed by atoms with Crippen LogP contribution in [0.1, 0.15) is 15.9 Å². The van der Waals surface area contributed by atoms with Gasteiger partial charge in [0.15, 0.2) is 0 Å². The Balaban J connectivity index is 1.94. The fourth-order valence-corrected chi connectivity index (χ4v) is 4.41. The molecule has 174 valence electrons. The Morgan fingerprint density at radius 1 is 1.18 bits per heavy atom. The molecule has 1 heterocycles. The first-order valence-corrected chi connectivity index (χ1v) is 10.7. The van der Waals surface area contributed by atoms with E-state index in [2.05, 4.69) is 12.0 Å². The Labute approximate surface area is 186 Å². The largest absolute Gasteiger partial charge is 0.416 e. The molecule has 1 saturated heterocycles. The lowest BCUT2D eigenvalue weighted by molar-refractivity contribution is -0.137. The molecule has 3 rings (SSSR count). The summed E-state index contributed by atoms with van der Waals surface area (Å²) in [5, 5.41) is 2.68. The number of carbonyl (C=O) groups excluding carboxylic acids is 3. The second-order valence-electron chi connectivity index (χ2n) is 6.78. The molecular weight excluding hydrogens is 465 g/mol. The molecule has 13 heteroatoms. The molecule has 0 bridgehead atoms. The molecule has 1 aliphatic heterocycles. The van der Waals surface area contributed by atoms with E-state index in [1.807, 2.05) is 5.32 Å². The summed E-state index contributed by atoms with van der Waals surface area (Å²) < 4.78 is 66.5. The van der Waals surface area contributed by atoms with E-state index in [9.17, 15) is 36.0 Å². The molecular formula is C20H17F3N4O5S. The quantitative estimate of drug-likeness (QED) is 0.464. The normalized spacial score (nSPS) is 14.1. The number of benzene rings is 2. The highest BCUT2D eigenvalue weighted by Gasteiger charge is 2.33. The fraction of sp³-hybridized carbons (Fsp3) is 0.150. The maximum Gasteiger partial charge on any atom is 0.416 e. The molecule has 0 radical (unpaired) electrons. The molecule has 0 unspecified atom stereocenters. The number of anilines is 1. The third kappa shape index (κ3) is 5.14. The molecule has 4 amide bonds. The number of hydrazine groups is 1. The number of urea groups is 1. The van der Waals surface area contributed by atoms with Gasteiger partial charge in [0.05, 0.1) is 22.7 Å². The van der Waals surface area contributed by atoms with E-state index in [-0.39, 0.29) is 22.7 Å². The van der Waals surface area contributed by atoms with Crippen LogP contribution in [-0.2, 0) is 21.0 Å². The zero-order valence-corrected chi connectivity index (χ0v) is 17.6. The number of halogens is 3. The van der Waals surface area contributed by atoms with Crippen molar-refractivity contribution in [2.24, 2.45) is 0 Å². The van der Waals surface area contributed by atoms with Crippen molar-refractivity contribution >= 4 is 33.6 Å². The monoisotopic (exact) mass is 482 g/mol. The van der Waals surface area contributed by atoms with Gasteiger partial charge < -0.3 is 0 Å². The maximum atomic E-state index is 13.2. The SMILES string of the molecule is C=CCN(c1cccc(C(F)(F)F)c1)S(=O)(=O)c1cccc(C(=O)NN2CC(=O)NC2=O)c1. The highest BCUT2D eigenvalue weighted by atomic mass is 32.2. The molecule has 2 aromatic rings. The topological polar surface area (TPSA) is 116 Å². The number of nitrogens with zero attached hydrogens (tertiary/aromatic N) is 2. The van der Waals surface area contributed by atoms with E-state index in [0.29, 0.717) is 6.07 Å². The lowest BCUT2D eigenvalue weighted by atomic mass is 10.2. The average Bonchev–Trinajstić information content (AvgIpc) is 3.07. The zero-order chi connectivity index (χ0) is 24.4. The van der Waals surface area contributed by atoms with Crippen molar-refractivity contribution in [3.8, 4) is 0 Å². The van der Waals surface area contributed by atoms with E-state index >= 15 is 0 Å². The van der Waals surface area contributed by atoms with Gasteiger partial charge in [-0.05, 0) is 36.4 Å². The van der Waals surface area contributed by atoms with Crippen LogP contribution >= 0.6 is 0 Å². The van der Waals surface area contributed by atoms with Crippen LogP contribution in [0.25, 0.3) is 0 Å². The number of alkyl halides is 3. The van der Waals surface area contributed by atoms with Crippen molar-refractivity contribution < 1.29 is 36.0 Å². The number of sulfonamides is 1. The summed E-state index contributed by atoms with van der Waals surface area (Å²) in [7, 11) is -4.41. The van der Waals surface area contributed by atoms with E-state index in [4.69, 9.17) is 0 Å². The first-order chi connectivity index (χ1) is 15.4. The van der Waals surface area contributed by atoms with Gasteiger partial charge in [-0.3, -0.25) is 24.6 Å². The summed E-state index contributed by atoms with van der Waals surface area (Å²) in [6, 6.07) is 7.64. The Kier molecular flexibility index (Phi) is 6.44. The van der Waals surface area contributed by atoms with Crippen LogP contribution in [0, 0.1) is 0 Å². The van der Waals surface area contributed by atoms with Crippen LogP contribution in [0.15, 0.2) is 66.1 Å². The van der Waals surface area contributed by atoms with Crippen molar-refractivity contribution in [3.63, 3.8) is 0 Å². The number of carbonyl (C=O) groups is 3. The van der Waals surface area contributed by atoms with Crippen molar-refractivity contribution in [2.45, 2.75) is 11.1 Å². The number of hydrogen-bond acceptors (Lipinski definition) is 5. The lowest BCUT2D eigenvalue weighted by Gasteiger charge is -2.24. The zero-order valence-electron chi connectivity index (χ0n) is 16.8. The van der Waals surface area contributed by atoms with E-state index < -0.39 is 46.2 Å². The van der Waals surface area contributed by atoms with E-state index in [0.717, 1.165) is 27.5 Å². The molecule has 0 aliphatic carbocycles. The fourth-order valence-electron chi connectivity index (χ4n) is 2.94. The predicted octanol–water partition coefficient (Wildman–Crippen LogP) is 2.28. The second-order valence-corrected chi connectivity index (χ2v) is 8.64. The number of nitrogens with one attached hydrogen (secondary N) is 2. The van der Waals surface area contributed by atoms with Crippen molar-refractivity contribution in [1.82, 2.24) is 15.8 Å². The molecule has 0 atom stereocenters. The summed E-state index contributed by atoms with van der Waals surface area (Å²) in [5.74, 6) is -1.50. The molecule has 0 saturated carbocycles. The van der Waals surface area contributed by atoms with Gasteiger partial charge >= 0.3 is 12.2 Å². The van der Waals surface area contributed by atoms with Crippen LogP contribution in [0.4, 0.5) is 23.7 Å². The van der Waals surface area contributed by atoms with Crippen molar-refractivity contribution in [3.05, 3.63) is 72.3 Å². The van der Waals surface area contributed by atoms with Gasteiger partial charge in [0.2, 0.25) is 5.91 Å². The Hall–Kier alpha value is -3.87. The third-order valence-corrected chi connectivity index (χ3v) is 6.26. The van der Waals surface area contributed by atoms with E-state index in [1.165, 1.54) is 30.3 Å². The van der Waals surface area contributed by atoms with Gasteiger partial charge in [-0.15, -0.1) is 6.58 Å². The van der Waals surface area contributed by atoms with Crippen LogP contribution in [0.3, 0.4) is 0 Å². The molecule has 0 spiro atoms. The van der Waals surface area contributed by atoms with E-state index in [1.54, 1.807) is 0 Å². The van der Waals surface area contributed by atoms with Gasteiger partial charge in [0.1, 0.15) is 6.54 Å². The molecule has 9 nitrogen and oxygen atoms in total. The molecule has 2 aromatic carbocycles. The molecule has 1 aliphatic rings. The first-order valence-electron chi connectivity index (χ1n) is 9.27. The van der Waals surface area contributed by atoms with Gasteiger partial charge in [-0.25, -0.2) is 18.2 Å². The van der Waals surface area contributed by atoms with Crippen molar-refractivity contribution in [1.29, 1.82) is 0 Å². The number of hydrogen-bond donors (Lipinski definition) is 2. The van der Waals surface area contributed by atoms with Gasteiger partial charge in [-0.2, -0.15) is 13.2 Å². The third-order valence-electron chi connectivity index (χ3n) is 4.47. The summed E-state index contributed by atoms with van der Waals surface area (Å²) in [5.41, 5.74) is 0.739. The van der Waals surface area contributed by atoms with Crippen LogP contribution in [-0.4, -0.2) is 44.4 Å². The highest BCUT2D eigenvalue weighted by Crippen LogP contribution is 2.33. The van der Waals surface area contributed by atoms with Crippen LogP contribution < -0.4 is 15.0 Å². The molecule has 33 heavy (non-hydrogen) atoms. The van der Waals surface area contributed by atoms with Crippen LogP contribution in [0.5, 0.6) is 0 Å². The lowest BCUT2D eigenvalue weighted by Crippen LogP contribution is -2.44. The minimum Gasteiger partial charge on any atom is -0.275 e. The summed E-state index contributed by atoms with van der Waals surface area (Å²) in [6.45, 7) is 2.71. The average molecular weight is 482 g/mol. The minimum atomic E-state index is -4.68. The van der Waals surface area contributed by atoms with Gasteiger partial charge in [-0.1, -0.05) is 18.2 Å². The standard InChI is InChI=1S/C20H17F3N4O5S/c1-2-9-27(15-7-4-6-14(11-15)20(21,22)23)33(31,32)16-8-3-5-13(10-16)18(29)25-26-12-17(28)24-19(26)30/h2-8,10-11H,1,9,12H2,(H,25,29)(H,24,28,30). The Morgan fingerprint density at radius 3 is 2.48 bits per heavy atom. The Bertz CT molecular complexity index is 1230. The predicted molar refractivity (Wildman–Crippen MR) is 110 cm³/mol. The Morgan fingerprint density at radius 2 is 1.88 bits per heavy atom. The second kappa shape index (κ2) is 8.94. The number of rotatable bonds is 7. The summed E-state index contributed by atoms with van der Waals surface area (Å²) in [6.07, 6.45) is -3.47. The summed E-state index contributed by atoms with van der Waals surface area (Å²) in [4.78, 5) is 34.9. The summed E-state index contributed by atoms with van der Waals surface area (Å²) >= 11 is 0. The van der Waals surface area contributed by atoms with Crippen LogP contribution in [0.2, 0.25) is 0 Å².